The zero-order chi connectivity index (χ0) is 14.0. The fraction of sp³-hybridized carbons (Fsp3) is 0.143. The first-order chi connectivity index (χ1) is 8.97. The van der Waals surface area contributed by atoms with Gasteiger partial charge in [-0.3, -0.25) is 0 Å². The Bertz CT molecular complexity index is 602. The maximum Gasteiger partial charge on any atom is 0.124 e. The van der Waals surface area contributed by atoms with Crippen LogP contribution in [0.3, 0.4) is 0 Å². The minimum absolute atomic E-state index is 0.0540. The van der Waals surface area contributed by atoms with Gasteiger partial charge in [-0.25, -0.2) is 0 Å². The predicted octanol–water partition coefficient (Wildman–Crippen LogP) is 4.80. The van der Waals surface area contributed by atoms with Crippen molar-refractivity contribution in [3.8, 4) is 11.5 Å². The number of halogens is 2. The first-order valence-corrected chi connectivity index (χ1v) is 7.29. The predicted molar refractivity (Wildman–Crippen MR) is 83.7 cm³/mol. The van der Waals surface area contributed by atoms with Gasteiger partial charge >= 0.3 is 0 Å². The number of anilines is 1. The molecule has 2 aromatic rings. The third kappa shape index (κ3) is 3.42. The van der Waals surface area contributed by atoms with Crippen molar-refractivity contribution in [1.29, 1.82) is 0 Å². The van der Waals surface area contributed by atoms with Crippen LogP contribution in [0.25, 0.3) is 0 Å². The van der Waals surface area contributed by atoms with E-state index in [-0.39, 0.29) is 17.5 Å². The van der Waals surface area contributed by atoms with E-state index in [1.807, 2.05) is 25.1 Å². The molecule has 0 aromatic heterocycles. The molecule has 2 aromatic carbocycles. The number of phenolic OH excluding ortho intramolecular Hbond substituents is 2. The van der Waals surface area contributed by atoms with E-state index >= 15 is 0 Å². The van der Waals surface area contributed by atoms with Crippen LogP contribution in [0.15, 0.2) is 45.3 Å². The Labute approximate surface area is 128 Å². The fourth-order valence-corrected chi connectivity index (χ4v) is 2.98. The Morgan fingerprint density at radius 2 is 1.79 bits per heavy atom. The van der Waals surface area contributed by atoms with Gasteiger partial charge in [0, 0.05) is 26.3 Å². The van der Waals surface area contributed by atoms with E-state index in [0.717, 1.165) is 20.2 Å². The SMILES string of the molecule is CC(Nc1ccc(Br)cc1Br)c1ccc(O)cc1O. The molecular formula is C14H13Br2NO2. The van der Waals surface area contributed by atoms with Crippen molar-refractivity contribution < 1.29 is 10.2 Å². The Kier molecular flexibility index (Phi) is 4.37. The van der Waals surface area contributed by atoms with E-state index in [0.29, 0.717) is 0 Å². The Morgan fingerprint density at radius 1 is 1.05 bits per heavy atom. The van der Waals surface area contributed by atoms with Crippen molar-refractivity contribution in [1.82, 2.24) is 0 Å². The number of hydrogen-bond donors (Lipinski definition) is 3. The van der Waals surface area contributed by atoms with Crippen LogP contribution in [0.1, 0.15) is 18.5 Å². The lowest BCUT2D eigenvalue weighted by Gasteiger charge is -2.18. The van der Waals surface area contributed by atoms with Gasteiger partial charge in [-0.1, -0.05) is 15.9 Å². The second-order valence-electron chi connectivity index (χ2n) is 4.23. The van der Waals surface area contributed by atoms with Crippen molar-refractivity contribution in [2.45, 2.75) is 13.0 Å². The van der Waals surface area contributed by atoms with Gasteiger partial charge in [0.1, 0.15) is 11.5 Å². The summed E-state index contributed by atoms with van der Waals surface area (Å²) in [7, 11) is 0. The van der Waals surface area contributed by atoms with Crippen molar-refractivity contribution >= 4 is 37.5 Å². The molecule has 0 heterocycles. The Balaban J connectivity index is 2.23. The quantitative estimate of drug-likeness (QED) is 0.710. The van der Waals surface area contributed by atoms with Crippen molar-refractivity contribution in [3.05, 3.63) is 50.9 Å². The van der Waals surface area contributed by atoms with Gasteiger partial charge in [-0.15, -0.1) is 0 Å². The molecule has 5 heteroatoms. The lowest BCUT2D eigenvalue weighted by Crippen LogP contribution is -2.07. The molecule has 3 N–H and O–H groups in total. The molecule has 0 spiro atoms. The van der Waals surface area contributed by atoms with Crippen LogP contribution in [0.4, 0.5) is 5.69 Å². The highest BCUT2D eigenvalue weighted by Gasteiger charge is 2.12. The number of phenols is 2. The van der Waals surface area contributed by atoms with Crippen LogP contribution in [0.2, 0.25) is 0 Å². The molecule has 0 aliphatic carbocycles. The maximum atomic E-state index is 9.83. The molecule has 0 radical (unpaired) electrons. The van der Waals surface area contributed by atoms with Crippen LogP contribution < -0.4 is 5.32 Å². The maximum absolute atomic E-state index is 9.83. The average molecular weight is 387 g/mol. The topological polar surface area (TPSA) is 52.5 Å². The van der Waals surface area contributed by atoms with Gasteiger partial charge in [0.25, 0.3) is 0 Å². The zero-order valence-electron chi connectivity index (χ0n) is 10.2. The molecular weight excluding hydrogens is 374 g/mol. The second-order valence-corrected chi connectivity index (χ2v) is 6.00. The highest BCUT2D eigenvalue weighted by molar-refractivity contribution is 9.11. The molecule has 0 saturated heterocycles. The van der Waals surface area contributed by atoms with Gasteiger partial charge in [-0.2, -0.15) is 0 Å². The van der Waals surface area contributed by atoms with E-state index in [9.17, 15) is 10.2 Å². The summed E-state index contributed by atoms with van der Waals surface area (Å²) in [6, 6.07) is 10.4. The standard InChI is InChI=1S/C14H13Br2NO2/c1-8(11-4-3-10(18)7-14(11)19)17-13-5-2-9(15)6-12(13)16/h2-8,17-19H,1H3. The Hall–Kier alpha value is -1.20. The molecule has 0 fully saturated rings. The summed E-state index contributed by atoms with van der Waals surface area (Å²) in [6.45, 7) is 1.95. The van der Waals surface area contributed by atoms with Crippen LogP contribution in [-0.2, 0) is 0 Å². The number of benzene rings is 2. The van der Waals surface area contributed by atoms with Gasteiger partial charge in [0.05, 0.1) is 6.04 Å². The van der Waals surface area contributed by atoms with Crippen LogP contribution in [0, 0.1) is 0 Å². The molecule has 0 amide bonds. The summed E-state index contributed by atoms with van der Waals surface area (Å²) < 4.78 is 1.93. The summed E-state index contributed by atoms with van der Waals surface area (Å²) in [6.07, 6.45) is 0. The summed E-state index contributed by atoms with van der Waals surface area (Å²) in [5.74, 6) is 0.131. The molecule has 100 valence electrons. The van der Waals surface area contributed by atoms with Gasteiger partial charge in [0.15, 0.2) is 0 Å². The molecule has 0 aliphatic heterocycles. The van der Waals surface area contributed by atoms with E-state index in [1.54, 1.807) is 12.1 Å². The minimum atomic E-state index is -0.0851. The van der Waals surface area contributed by atoms with Crippen molar-refractivity contribution in [2.24, 2.45) is 0 Å². The van der Waals surface area contributed by atoms with E-state index in [2.05, 4.69) is 37.2 Å². The molecule has 3 nitrogen and oxygen atoms in total. The minimum Gasteiger partial charge on any atom is -0.508 e. The molecule has 2 rings (SSSR count). The van der Waals surface area contributed by atoms with E-state index in [4.69, 9.17) is 0 Å². The van der Waals surface area contributed by atoms with Crippen LogP contribution in [0.5, 0.6) is 11.5 Å². The molecule has 19 heavy (non-hydrogen) atoms. The lowest BCUT2D eigenvalue weighted by atomic mass is 10.1. The Morgan fingerprint density at radius 3 is 2.42 bits per heavy atom. The third-order valence-electron chi connectivity index (χ3n) is 2.78. The number of hydrogen-bond acceptors (Lipinski definition) is 3. The number of rotatable bonds is 3. The molecule has 0 saturated carbocycles. The lowest BCUT2D eigenvalue weighted by molar-refractivity contribution is 0.444. The largest absolute Gasteiger partial charge is 0.508 e. The fourth-order valence-electron chi connectivity index (χ4n) is 1.82. The van der Waals surface area contributed by atoms with E-state index < -0.39 is 0 Å². The smallest absolute Gasteiger partial charge is 0.124 e. The van der Waals surface area contributed by atoms with E-state index in [1.165, 1.54) is 6.07 Å². The third-order valence-corrected chi connectivity index (χ3v) is 3.93. The zero-order valence-corrected chi connectivity index (χ0v) is 13.4. The van der Waals surface area contributed by atoms with Gasteiger partial charge in [-0.05, 0) is 53.2 Å². The van der Waals surface area contributed by atoms with Crippen LogP contribution >= 0.6 is 31.9 Å². The summed E-state index contributed by atoms with van der Waals surface area (Å²) in [4.78, 5) is 0. The number of aromatic hydroxyl groups is 2. The first kappa shape index (κ1) is 14.2. The second kappa shape index (κ2) is 5.84. The van der Waals surface area contributed by atoms with Crippen molar-refractivity contribution in [3.63, 3.8) is 0 Å². The first-order valence-electron chi connectivity index (χ1n) is 5.71. The highest BCUT2D eigenvalue weighted by atomic mass is 79.9. The number of nitrogens with one attached hydrogen (secondary N) is 1. The summed E-state index contributed by atoms with van der Waals surface area (Å²) >= 11 is 6.88. The summed E-state index contributed by atoms with van der Waals surface area (Å²) in [5, 5.41) is 22.4. The van der Waals surface area contributed by atoms with Crippen LogP contribution in [-0.4, -0.2) is 10.2 Å². The van der Waals surface area contributed by atoms with Gasteiger partial charge < -0.3 is 15.5 Å². The van der Waals surface area contributed by atoms with Crippen molar-refractivity contribution in [2.75, 3.05) is 5.32 Å². The molecule has 0 aliphatic rings. The molecule has 0 bridgehead atoms. The average Bonchev–Trinajstić information content (AvgIpc) is 2.32. The molecule has 1 atom stereocenters. The normalized spacial score (nSPS) is 12.2. The highest BCUT2D eigenvalue weighted by Crippen LogP contribution is 2.33. The molecule has 1 unspecified atom stereocenters. The summed E-state index contributed by atoms with van der Waals surface area (Å²) in [5.41, 5.74) is 1.66. The monoisotopic (exact) mass is 385 g/mol. The van der Waals surface area contributed by atoms with Gasteiger partial charge in [0.2, 0.25) is 0 Å².